The summed E-state index contributed by atoms with van der Waals surface area (Å²) in [6.07, 6.45) is 0.319. The number of halogens is 1. The van der Waals surface area contributed by atoms with Crippen LogP contribution in [0, 0.1) is 5.41 Å². The minimum absolute atomic E-state index is 0.0583. The third-order valence-corrected chi connectivity index (χ3v) is 3.72. The van der Waals surface area contributed by atoms with Gasteiger partial charge in [-0.15, -0.1) is 0 Å². The molecule has 1 aromatic carbocycles. The van der Waals surface area contributed by atoms with Crippen LogP contribution in [0.5, 0.6) is 5.75 Å². The number of nitrogens with zero attached hydrogens (tertiary/aromatic N) is 1. The number of amides is 1. The minimum atomic E-state index is -0.0776. The first-order valence-corrected chi connectivity index (χ1v) is 7.35. The quantitative estimate of drug-likeness (QED) is 0.863. The fourth-order valence-corrected chi connectivity index (χ4v) is 2.39. The number of hydrogen-bond acceptors (Lipinski definition) is 3. The monoisotopic (exact) mass is 342 g/mol. The summed E-state index contributed by atoms with van der Waals surface area (Å²) in [4.78, 5) is 14.0. The molecule has 0 fully saturated rings. The van der Waals surface area contributed by atoms with Gasteiger partial charge in [0.2, 0.25) is 5.91 Å². The summed E-state index contributed by atoms with van der Waals surface area (Å²) in [6.45, 7) is 5.29. The molecular formula is C15H23BrN2O2. The molecule has 20 heavy (non-hydrogen) atoms. The first-order chi connectivity index (χ1) is 9.29. The van der Waals surface area contributed by atoms with E-state index in [1.54, 1.807) is 12.0 Å². The highest BCUT2D eigenvalue weighted by molar-refractivity contribution is 9.10. The number of ether oxygens (including phenoxy) is 1. The Kier molecular flexibility index (Phi) is 6.02. The van der Waals surface area contributed by atoms with E-state index in [2.05, 4.69) is 29.8 Å². The second-order valence-corrected chi connectivity index (χ2v) is 6.67. The highest BCUT2D eigenvalue weighted by Crippen LogP contribution is 2.24. The number of likely N-dealkylation sites (N-methyl/N-ethyl adjacent to an activating group) is 1. The molecular weight excluding hydrogens is 320 g/mol. The molecule has 0 saturated carbocycles. The van der Waals surface area contributed by atoms with Crippen molar-refractivity contribution < 1.29 is 9.53 Å². The van der Waals surface area contributed by atoms with Crippen LogP contribution in [-0.4, -0.2) is 38.1 Å². The lowest BCUT2D eigenvalue weighted by molar-refractivity contribution is -0.130. The van der Waals surface area contributed by atoms with Crippen molar-refractivity contribution in [2.24, 2.45) is 11.1 Å². The van der Waals surface area contributed by atoms with Crippen molar-refractivity contribution in [2.45, 2.75) is 20.3 Å². The van der Waals surface area contributed by atoms with Gasteiger partial charge in [0.1, 0.15) is 5.75 Å². The molecule has 5 heteroatoms. The number of benzene rings is 1. The Bertz CT molecular complexity index is 475. The summed E-state index contributed by atoms with van der Waals surface area (Å²) in [5.74, 6) is 0.788. The largest absolute Gasteiger partial charge is 0.496 e. The van der Waals surface area contributed by atoms with Gasteiger partial charge in [-0.1, -0.05) is 29.8 Å². The molecule has 112 valence electrons. The van der Waals surface area contributed by atoms with Gasteiger partial charge in [-0.05, 0) is 30.2 Å². The molecule has 0 aliphatic rings. The second-order valence-electron chi connectivity index (χ2n) is 5.75. The van der Waals surface area contributed by atoms with Crippen molar-refractivity contribution in [3.8, 4) is 5.75 Å². The molecule has 0 bridgehead atoms. The highest BCUT2D eigenvalue weighted by atomic mass is 79.9. The zero-order chi connectivity index (χ0) is 15.3. The Morgan fingerprint density at radius 1 is 1.45 bits per heavy atom. The van der Waals surface area contributed by atoms with E-state index in [9.17, 15) is 4.79 Å². The van der Waals surface area contributed by atoms with Crippen molar-refractivity contribution in [2.75, 3.05) is 27.2 Å². The van der Waals surface area contributed by atoms with Gasteiger partial charge in [0, 0.05) is 23.6 Å². The van der Waals surface area contributed by atoms with Crippen LogP contribution in [0.3, 0.4) is 0 Å². The molecule has 1 amide bonds. The van der Waals surface area contributed by atoms with Crippen molar-refractivity contribution in [3.63, 3.8) is 0 Å². The minimum Gasteiger partial charge on any atom is -0.496 e. The van der Waals surface area contributed by atoms with E-state index in [1.807, 2.05) is 25.2 Å². The molecule has 4 nitrogen and oxygen atoms in total. The molecule has 0 unspecified atom stereocenters. The van der Waals surface area contributed by atoms with Crippen molar-refractivity contribution >= 4 is 21.8 Å². The number of nitrogens with two attached hydrogens (primary N) is 1. The molecule has 0 heterocycles. The van der Waals surface area contributed by atoms with Crippen molar-refractivity contribution in [1.29, 1.82) is 0 Å². The van der Waals surface area contributed by atoms with E-state index >= 15 is 0 Å². The predicted molar refractivity (Wildman–Crippen MR) is 84.9 cm³/mol. The molecule has 0 aliphatic heterocycles. The van der Waals surface area contributed by atoms with Crippen LogP contribution >= 0.6 is 15.9 Å². The average Bonchev–Trinajstić information content (AvgIpc) is 2.38. The first kappa shape index (κ1) is 17.0. The Hall–Kier alpha value is -1.07. The Morgan fingerprint density at radius 2 is 2.10 bits per heavy atom. The normalized spacial score (nSPS) is 11.3. The fraction of sp³-hybridized carbons (Fsp3) is 0.533. The molecule has 1 aromatic rings. The number of methoxy groups -OCH3 is 1. The molecule has 2 N–H and O–H groups in total. The van der Waals surface area contributed by atoms with Crippen LogP contribution < -0.4 is 10.5 Å². The van der Waals surface area contributed by atoms with Gasteiger partial charge in [-0.3, -0.25) is 4.79 Å². The Balaban J connectivity index is 2.78. The summed E-state index contributed by atoms with van der Waals surface area (Å²) in [7, 11) is 3.42. The van der Waals surface area contributed by atoms with E-state index < -0.39 is 0 Å². The summed E-state index contributed by atoms with van der Waals surface area (Å²) in [5.41, 5.74) is 6.51. The number of carbonyl (C=O) groups is 1. The molecule has 0 saturated heterocycles. The van der Waals surface area contributed by atoms with E-state index in [-0.39, 0.29) is 11.3 Å². The van der Waals surface area contributed by atoms with Gasteiger partial charge in [0.25, 0.3) is 0 Å². The summed E-state index contributed by atoms with van der Waals surface area (Å²) < 4.78 is 6.23. The van der Waals surface area contributed by atoms with Crippen LogP contribution in [0.1, 0.15) is 19.4 Å². The average molecular weight is 343 g/mol. The van der Waals surface area contributed by atoms with Gasteiger partial charge in [-0.25, -0.2) is 0 Å². The number of carbonyl (C=O) groups excluding carboxylic acids is 1. The Morgan fingerprint density at radius 3 is 2.65 bits per heavy atom. The SMILES string of the molecule is COc1ccc(Br)cc1CC(=O)N(C)CC(C)(C)CN. The third-order valence-electron chi connectivity index (χ3n) is 3.23. The van der Waals surface area contributed by atoms with Crippen LogP contribution in [-0.2, 0) is 11.2 Å². The summed E-state index contributed by atoms with van der Waals surface area (Å²) in [5, 5.41) is 0. The van der Waals surface area contributed by atoms with Gasteiger partial charge in [0.15, 0.2) is 0 Å². The van der Waals surface area contributed by atoms with E-state index in [0.717, 1.165) is 15.8 Å². The van der Waals surface area contributed by atoms with Crippen molar-refractivity contribution in [3.05, 3.63) is 28.2 Å². The van der Waals surface area contributed by atoms with Gasteiger partial charge in [-0.2, -0.15) is 0 Å². The van der Waals surface area contributed by atoms with Crippen LogP contribution in [0.25, 0.3) is 0 Å². The number of rotatable bonds is 6. The van der Waals surface area contributed by atoms with E-state index in [1.165, 1.54) is 0 Å². The molecule has 1 rings (SSSR count). The maximum atomic E-state index is 12.3. The van der Waals surface area contributed by atoms with E-state index in [4.69, 9.17) is 10.5 Å². The summed E-state index contributed by atoms with van der Waals surface area (Å²) in [6, 6.07) is 5.67. The lowest BCUT2D eigenvalue weighted by atomic mass is 9.93. The first-order valence-electron chi connectivity index (χ1n) is 6.55. The van der Waals surface area contributed by atoms with Crippen LogP contribution in [0.15, 0.2) is 22.7 Å². The smallest absolute Gasteiger partial charge is 0.226 e. The maximum absolute atomic E-state index is 12.3. The molecule has 0 aromatic heterocycles. The number of hydrogen-bond donors (Lipinski definition) is 1. The zero-order valence-electron chi connectivity index (χ0n) is 12.6. The fourth-order valence-electron chi connectivity index (χ4n) is 1.98. The predicted octanol–water partition coefficient (Wildman–Crippen LogP) is 2.44. The lowest BCUT2D eigenvalue weighted by Gasteiger charge is -2.29. The van der Waals surface area contributed by atoms with Gasteiger partial charge in [0.05, 0.1) is 13.5 Å². The Labute approximate surface area is 129 Å². The molecule has 0 radical (unpaired) electrons. The van der Waals surface area contributed by atoms with Crippen LogP contribution in [0.4, 0.5) is 0 Å². The summed E-state index contributed by atoms with van der Waals surface area (Å²) >= 11 is 3.42. The van der Waals surface area contributed by atoms with Gasteiger partial charge >= 0.3 is 0 Å². The van der Waals surface area contributed by atoms with Crippen molar-refractivity contribution in [1.82, 2.24) is 4.90 Å². The van der Waals surface area contributed by atoms with Gasteiger partial charge < -0.3 is 15.4 Å². The standard InChI is InChI=1S/C15H23BrN2O2/c1-15(2,9-17)10-18(3)14(19)8-11-7-12(16)5-6-13(11)20-4/h5-7H,8-10,17H2,1-4H3. The van der Waals surface area contributed by atoms with E-state index in [0.29, 0.717) is 19.5 Å². The molecule has 0 aliphatic carbocycles. The van der Waals surface area contributed by atoms with Crippen LogP contribution in [0.2, 0.25) is 0 Å². The lowest BCUT2D eigenvalue weighted by Crippen LogP contribution is -2.40. The second kappa shape index (κ2) is 7.09. The highest BCUT2D eigenvalue weighted by Gasteiger charge is 2.21. The molecule has 0 spiro atoms. The molecule has 0 atom stereocenters. The third kappa shape index (κ3) is 4.80. The maximum Gasteiger partial charge on any atom is 0.226 e. The topological polar surface area (TPSA) is 55.6 Å². The zero-order valence-corrected chi connectivity index (χ0v) is 14.2.